The molecular formula is C14H20N4O2. The molecule has 0 bridgehead atoms. The van der Waals surface area contributed by atoms with Gasteiger partial charge >= 0.3 is 0 Å². The van der Waals surface area contributed by atoms with Crippen LogP contribution in [0.4, 0.5) is 5.82 Å². The summed E-state index contributed by atoms with van der Waals surface area (Å²) in [6.45, 7) is 2.75. The van der Waals surface area contributed by atoms with Crippen LogP contribution in [0.1, 0.15) is 12.6 Å². The summed E-state index contributed by atoms with van der Waals surface area (Å²) in [6, 6.07) is 5.66. The standard InChI is InChI=1S/C14H20N4O2/c1-4-17(9-13(20)16(2)3)14-11(10-19)18-8-6-5-7-12(18)15-14/h5-8,19H,4,9-10H2,1-3H3. The minimum absolute atomic E-state index is 0.00722. The van der Waals surface area contributed by atoms with E-state index in [0.717, 1.165) is 5.65 Å². The largest absolute Gasteiger partial charge is 0.390 e. The van der Waals surface area contributed by atoms with Gasteiger partial charge in [-0.2, -0.15) is 0 Å². The van der Waals surface area contributed by atoms with Crippen LogP contribution in [0.25, 0.3) is 5.65 Å². The summed E-state index contributed by atoms with van der Waals surface area (Å²) in [5.41, 5.74) is 1.47. The number of likely N-dealkylation sites (N-methyl/N-ethyl adjacent to an activating group) is 2. The van der Waals surface area contributed by atoms with Gasteiger partial charge in [0.05, 0.1) is 18.8 Å². The van der Waals surface area contributed by atoms with Crippen LogP contribution in [0.3, 0.4) is 0 Å². The Morgan fingerprint density at radius 2 is 2.15 bits per heavy atom. The second-order valence-electron chi connectivity index (χ2n) is 4.77. The molecule has 6 nitrogen and oxygen atoms in total. The zero-order chi connectivity index (χ0) is 14.7. The maximum absolute atomic E-state index is 11.9. The zero-order valence-electron chi connectivity index (χ0n) is 12.1. The summed E-state index contributed by atoms with van der Waals surface area (Å²) in [5.74, 6) is 0.671. The van der Waals surface area contributed by atoms with E-state index in [2.05, 4.69) is 4.98 Å². The van der Waals surface area contributed by atoms with Crippen LogP contribution < -0.4 is 4.90 Å². The van der Waals surface area contributed by atoms with Crippen molar-refractivity contribution in [1.29, 1.82) is 0 Å². The van der Waals surface area contributed by atoms with Crippen molar-refractivity contribution in [2.45, 2.75) is 13.5 Å². The Kier molecular flexibility index (Phi) is 4.24. The van der Waals surface area contributed by atoms with Gasteiger partial charge in [-0.05, 0) is 19.1 Å². The van der Waals surface area contributed by atoms with Crippen molar-refractivity contribution >= 4 is 17.4 Å². The van der Waals surface area contributed by atoms with Crippen molar-refractivity contribution in [3.05, 3.63) is 30.1 Å². The van der Waals surface area contributed by atoms with Crippen molar-refractivity contribution in [3.63, 3.8) is 0 Å². The number of aliphatic hydroxyl groups is 1. The molecule has 0 unspecified atom stereocenters. The van der Waals surface area contributed by atoms with Crippen molar-refractivity contribution in [3.8, 4) is 0 Å². The van der Waals surface area contributed by atoms with Crippen LogP contribution in [0, 0.1) is 0 Å². The molecular weight excluding hydrogens is 256 g/mol. The van der Waals surface area contributed by atoms with Crippen LogP contribution in [0.15, 0.2) is 24.4 Å². The summed E-state index contributed by atoms with van der Waals surface area (Å²) in [4.78, 5) is 19.8. The van der Waals surface area contributed by atoms with E-state index in [1.165, 1.54) is 0 Å². The van der Waals surface area contributed by atoms with E-state index < -0.39 is 0 Å². The molecule has 0 spiro atoms. The van der Waals surface area contributed by atoms with Crippen LogP contribution >= 0.6 is 0 Å². The van der Waals surface area contributed by atoms with E-state index >= 15 is 0 Å². The third-order valence-corrected chi connectivity index (χ3v) is 3.26. The van der Waals surface area contributed by atoms with Gasteiger partial charge in [-0.1, -0.05) is 6.07 Å². The van der Waals surface area contributed by atoms with Gasteiger partial charge in [0.15, 0.2) is 5.82 Å². The summed E-state index contributed by atoms with van der Waals surface area (Å²) < 4.78 is 1.85. The number of anilines is 1. The van der Waals surface area contributed by atoms with Crippen molar-refractivity contribution in [1.82, 2.24) is 14.3 Å². The number of aromatic nitrogens is 2. The number of amides is 1. The molecule has 1 amide bonds. The molecule has 6 heteroatoms. The Morgan fingerprint density at radius 3 is 2.75 bits per heavy atom. The molecule has 0 radical (unpaired) electrons. The van der Waals surface area contributed by atoms with Crippen LogP contribution in [0.2, 0.25) is 0 Å². The molecule has 2 rings (SSSR count). The highest BCUT2D eigenvalue weighted by molar-refractivity contribution is 5.81. The van der Waals surface area contributed by atoms with Crippen molar-refractivity contribution in [2.24, 2.45) is 0 Å². The zero-order valence-corrected chi connectivity index (χ0v) is 12.1. The van der Waals surface area contributed by atoms with E-state index in [9.17, 15) is 9.90 Å². The normalized spacial score (nSPS) is 10.8. The fourth-order valence-corrected chi connectivity index (χ4v) is 2.08. The molecule has 0 fully saturated rings. The molecule has 1 N–H and O–H groups in total. The lowest BCUT2D eigenvalue weighted by Gasteiger charge is -2.23. The van der Waals surface area contributed by atoms with Crippen LogP contribution in [0.5, 0.6) is 0 Å². The maximum atomic E-state index is 11.9. The highest BCUT2D eigenvalue weighted by Gasteiger charge is 2.19. The first-order valence-electron chi connectivity index (χ1n) is 6.60. The Bertz CT molecular complexity index is 606. The quantitative estimate of drug-likeness (QED) is 0.875. The lowest BCUT2D eigenvalue weighted by molar-refractivity contribution is -0.127. The molecule has 0 saturated carbocycles. The molecule has 2 aromatic rings. The molecule has 0 aliphatic carbocycles. The number of hydrogen-bond donors (Lipinski definition) is 1. The molecule has 108 valence electrons. The smallest absolute Gasteiger partial charge is 0.241 e. The molecule has 0 aromatic carbocycles. The monoisotopic (exact) mass is 276 g/mol. The summed E-state index contributed by atoms with van der Waals surface area (Å²) in [6.07, 6.45) is 1.86. The second kappa shape index (κ2) is 5.92. The Morgan fingerprint density at radius 1 is 1.40 bits per heavy atom. The highest BCUT2D eigenvalue weighted by Crippen LogP contribution is 2.21. The van der Waals surface area contributed by atoms with Gasteiger partial charge in [-0.3, -0.25) is 9.20 Å². The molecule has 2 aromatic heterocycles. The molecule has 2 heterocycles. The molecule has 0 atom stereocenters. The lowest BCUT2D eigenvalue weighted by Crippen LogP contribution is -2.37. The first-order chi connectivity index (χ1) is 9.58. The first-order valence-corrected chi connectivity index (χ1v) is 6.60. The predicted molar refractivity (Wildman–Crippen MR) is 77.7 cm³/mol. The Balaban J connectivity index is 2.41. The Hall–Kier alpha value is -2.08. The van der Waals surface area contributed by atoms with E-state index in [1.807, 2.05) is 40.6 Å². The molecule has 20 heavy (non-hydrogen) atoms. The number of carbonyl (C=O) groups is 1. The van der Waals surface area contributed by atoms with Gasteiger partial charge in [0.2, 0.25) is 5.91 Å². The van der Waals surface area contributed by atoms with Crippen molar-refractivity contribution < 1.29 is 9.90 Å². The maximum Gasteiger partial charge on any atom is 0.241 e. The van der Waals surface area contributed by atoms with Gasteiger partial charge in [0.1, 0.15) is 5.65 Å². The first kappa shape index (κ1) is 14.3. The number of pyridine rings is 1. The fourth-order valence-electron chi connectivity index (χ4n) is 2.08. The highest BCUT2D eigenvalue weighted by atomic mass is 16.3. The van der Waals surface area contributed by atoms with E-state index in [0.29, 0.717) is 18.1 Å². The molecule has 0 aliphatic heterocycles. The van der Waals surface area contributed by atoms with Gasteiger partial charge in [-0.15, -0.1) is 0 Å². The van der Waals surface area contributed by atoms with E-state index in [1.54, 1.807) is 19.0 Å². The fraction of sp³-hybridized carbons (Fsp3) is 0.429. The number of aliphatic hydroxyl groups excluding tert-OH is 1. The summed E-state index contributed by atoms with van der Waals surface area (Å²) >= 11 is 0. The number of rotatable bonds is 5. The van der Waals surface area contributed by atoms with Crippen LogP contribution in [-0.2, 0) is 11.4 Å². The SMILES string of the molecule is CCN(CC(=O)N(C)C)c1nc2ccccn2c1CO. The van der Waals surface area contributed by atoms with Gasteiger partial charge in [-0.25, -0.2) is 4.98 Å². The summed E-state index contributed by atoms with van der Waals surface area (Å²) in [5, 5.41) is 9.61. The van der Waals surface area contributed by atoms with Crippen LogP contribution in [-0.4, -0.2) is 52.5 Å². The summed E-state index contributed by atoms with van der Waals surface area (Å²) in [7, 11) is 3.46. The third kappa shape index (κ3) is 2.60. The topological polar surface area (TPSA) is 61.1 Å². The molecule has 0 saturated heterocycles. The number of hydrogen-bond acceptors (Lipinski definition) is 4. The molecule has 0 aliphatic rings. The predicted octanol–water partition coefficient (Wildman–Crippen LogP) is 0.741. The van der Waals surface area contributed by atoms with E-state index in [-0.39, 0.29) is 19.1 Å². The lowest BCUT2D eigenvalue weighted by atomic mass is 10.3. The van der Waals surface area contributed by atoms with Gasteiger partial charge in [0, 0.05) is 26.8 Å². The van der Waals surface area contributed by atoms with Gasteiger partial charge in [0.25, 0.3) is 0 Å². The van der Waals surface area contributed by atoms with Gasteiger partial charge < -0.3 is 14.9 Å². The average molecular weight is 276 g/mol. The Labute approximate surface area is 118 Å². The number of carbonyl (C=O) groups excluding carboxylic acids is 1. The van der Waals surface area contributed by atoms with Crippen molar-refractivity contribution in [2.75, 3.05) is 32.1 Å². The number of imidazole rings is 1. The third-order valence-electron chi connectivity index (χ3n) is 3.26. The number of nitrogens with zero attached hydrogens (tertiary/aromatic N) is 4. The average Bonchev–Trinajstić information content (AvgIpc) is 2.82. The minimum Gasteiger partial charge on any atom is -0.390 e. The second-order valence-corrected chi connectivity index (χ2v) is 4.77. The van der Waals surface area contributed by atoms with E-state index in [4.69, 9.17) is 0 Å². The minimum atomic E-state index is -0.118. The number of fused-ring (bicyclic) bond motifs is 1.